The maximum Gasteiger partial charge on any atom is 0.312 e. The Morgan fingerprint density at radius 2 is 2.00 bits per heavy atom. The summed E-state index contributed by atoms with van der Waals surface area (Å²) in [6.45, 7) is 1.38. The van der Waals surface area contributed by atoms with Gasteiger partial charge in [-0.25, -0.2) is 0 Å². The molecule has 0 unspecified atom stereocenters. The molecule has 0 saturated carbocycles. The van der Waals surface area contributed by atoms with Gasteiger partial charge in [0.1, 0.15) is 6.10 Å². The minimum absolute atomic E-state index is 0.187. The van der Waals surface area contributed by atoms with E-state index in [2.05, 4.69) is 4.74 Å². The van der Waals surface area contributed by atoms with E-state index in [9.17, 15) is 9.59 Å². The fourth-order valence-corrected chi connectivity index (χ4v) is 1.45. The molecule has 4 heteroatoms. The van der Waals surface area contributed by atoms with Crippen LogP contribution in [0.2, 0.25) is 0 Å². The average molecular weight is 198 g/mol. The molecule has 0 saturated heterocycles. The zero-order valence-electron chi connectivity index (χ0n) is 8.36. The fourth-order valence-electron chi connectivity index (χ4n) is 1.45. The second kappa shape index (κ2) is 4.79. The summed E-state index contributed by atoms with van der Waals surface area (Å²) in [5.41, 5.74) is 0. The van der Waals surface area contributed by atoms with Crippen molar-refractivity contribution in [2.75, 3.05) is 7.11 Å². The average Bonchev–Trinajstić information content (AvgIpc) is 2.17. The highest BCUT2D eigenvalue weighted by Gasteiger charge is 2.23. The summed E-state index contributed by atoms with van der Waals surface area (Å²) in [5, 5.41) is 0. The Morgan fingerprint density at radius 1 is 1.29 bits per heavy atom. The topological polar surface area (TPSA) is 52.6 Å². The zero-order valence-corrected chi connectivity index (χ0v) is 8.36. The van der Waals surface area contributed by atoms with Gasteiger partial charge in [0, 0.05) is 6.92 Å². The number of hydrogen-bond donors (Lipinski definition) is 0. The lowest BCUT2D eigenvalue weighted by Crippen LogP contribution is -2.23. The predicted octanol–water partition coefficient (Wildman–Crippen LogP) is 1.06. The van der Waals surface area contributed by atoms with Crippen LogP contribution in [0.5, 0.6) is 0 Å². The number of hydrogen-bond acceptors (Lipinski definition) is 4. The van der Waals surface area contributed by atoms with Crippen LogP contribution in [0.25, 0.3) is 0 Å². The molecule has 0 aromatic heterocycles. The highest BCUT2D eigenvalue weighted by Crippen LogP contribution is 2.20. The van der Waals surface area contributed by atoms with E-state index in [1.54, 1.807) is 12.2 Å². The van der Waals surface area contributed by atoms with E-state index in [4.69, 9.17) is 4.74 Å². The predicted molar refractivity (Wildman–Crippen MR) is 49.4 cm³/mol. The van der Waals surface area contributed by atoms with Gasteiger partial charge in [-0.2, -0.15) is 0 Å². The van der Waals surface area contributed by atoms with Crippen LogP contribution in [-0.2, 0) is 19.1 Å². The van der Waals surface area contributed by atoms with Gasteiger partial charge in [-0.05, 0) is 18.9 Å². The largest absolute Gasteiger partial charge is 0.469 e. The van der Waals surface area contributed by atoms with Gasteiger partial charge >= 0.3 is 11.9 Å². The number of esters is 2. The molecule has 0 amide bonds. The summed E-state index contributed by atoms with van der Waals surface area (Å²) in [6, 6.07) is 0. The monoisotopic (exact) mass is 198 g/mol. The molecule has 0 aromatic rings. The van der Waals surface area contributed by atoms with E-state index in [-0.39, 0.29) is 24.0 Å². The SMILES string of the molecule is COC(=O)[C@@H]1C=C[C@@H](OC(C)=O)CC1. The molecule has 0 fully saturated rings. The third-order valence-corrected chi connectivity index (χ3v) is 2.14. The van der Waals surface area contributed by atoms with Crippen molar-refractivity contribution in [2.45, 2.75) is 25.9 Å². The van der Waals surface area contributed by atoms with E-state index < -0.39 is 0 Å². The van der Waals surface area contributed by atoms with E-state index >= 15 is 0 Å². The first kappa shape index (κ1) is 10.8. The third kappa shape index (κ3) is 2.87. The standard InChI is InChI=1S/C10H14O4/c1-7(11)14-9-5-3-8(4-6-9)10(12)13-2/h3,5,8-9H,4,6H2,1-2H3/t8-,9-/m1/s1. The Balaban J connectivity index is 2.47. The lowest BCUT2D eigenvalue weighted by Gasteiger charge is -2.20. The lowest BCUT2D eigenvalue weighted by molar-refractivity contribution is -0.146. The van der Waals surface area contributed by atoms with Crippen molar-refractivity contribution in [2.24, 2.45) is 5.92 Å². The van der Waals surface area contributed by atoms with E-state index in [1.165, 1.54) is 14.0 Å². The van der Waals surface area contributed by atoms with E-state index in [0.29, 0.717) is 12.8 Å². The number of ether oxygens (including phenoxy) is 2. The first-order valence-corrected chi connectivity index (χ1v) is 4.57. The second-order valence-electron chi connectivity index (χ2n) is 3.24. The van der Waals surface area contributed by atoms with Crippen molar-refractivity contribution >= 4 is 11.9 Å². The molecule has 14 heavy (non-hydrogen) atoms. The quantitative estimate of drug-likeness (QED) is 0.491. The molecule has 0 heterocycles. The molecule has 0 aliphatic heterocycles. The van der Waals surface area contributed by atoms with Crippen LogP contribution in [0.1, 0.15) is 19.8 Å². The van der Waals surface area contributed by atoms with Crippen molar-refractivity contribution in [3.63, 3.8) is 0 Å². The van der Waals surface area contributed by atoms with Crippen LogP contribution >= 0.6 is 0 Å². The van der Waals surface area contributed by atoms with Crippen molar-refractivity contribution in [3.8, 4) is 0 Å². The molecule has 78 valence electrons. The normalized spacial score (nSPS) is 25.6. The molecule has 0 spiro atoms. The fraction of sp³-hybridized carbons (Fsp3) is 0.600. The van der Waals surface area contributed by atoms with Crippen molar-refractivity contribution in [3.05, 3.63) is 12.2 Å². The molecular formula is C10H14O4. The Labute approximate surface area is 82.9 Å². The van der Waals surface area contributed by atoms with Gasteiger partial charge in [-0.1, -0.05) is 6.08 Å². The van der Waals surface area contributed by atoms with Crippen LogP contribution < -0.4 is 0 Å². The van der Waals surface area contributed by atoms with Crippen molar-refractivity contribution in [1.29, 1.82) is 0 Å². The number of rotatable bonds is 2. The Bertz CT molecular complexity index is 257. The summed E-state index contributed by atoms with van der Waals surface area (Å²) in [6.07, 6.45) is 4.64. The molecule has 1 rings (SSSR count). The van der Waals surface area contributed by atoms with Crippen LogP contribution in [0.15, 0.2) is 12.2 Å². The molecule has 4 nitrogen and oxygen atoms in total. The lowest BCUT2D eigenvalue weighted by atomic mass is 9.94. The molecule has 0 N–H and O–H groups in total. The summed E-state index contributed by atoms with van der Waals surface area (Å²) >= 11 is 0. The summed E-state index contributed by atoms with van der Waals surface area (Å²) in [7, 11) is 1.37. The van der Waals surface area contributed by atoms with Gasteiger partial charge in [-0.3, -0.25) is 9.59 Å². The molecule has 1 aliphatic carbocycles. The number of carbonyl (C=O) groups excluding carboxylic acids is 2. The summed E-state index contributed by atoms with van der Waals surface area (Å²) in [5.74, 6) is -0.717. The minimum Gasteiger partial charge on any atom is -0.469 e. The molecule has 2 atom stereocenters. The molecule has 0 aromatic carbocycles. The van der Waals surface area contributed by atoms with Gasteiger partial charge in [0.2, 0.25) is 0 Å². The summed E-state index contributed by atoms with van der Waals surface area (Å²) in [4.78, 5) is 21.8. The molecular weight excluding hydrogens is 184 g/mol. The maximum absolute atomic E-state index is 11.1. The maximum atomic E-state index is 11.1. The van der Waals surface area contributed by atoms with E-state index in [1.807, 2.05) is 0 Å². The van der Waals surface area contributed by atoms with E-state index in [0.717, 1.165) is 0 Å². The minimum atomic E-state index is -0.295. The molecule has 0 radical (unpaired) electrons. The Kier molecular flexibility index (Phi) is 3.68. The van der Waals surface area contributed by atoms with Crippen LogP contribution in [0.4, 0.5) is 0 Å². The first-order chi connectivity index (χ1) is 6.63. The highest BCUT2D eigenvalue weighted by molar-refractivity contribution is 5.74. The van der Waals surface area contributed by atoms with Crippen LogP contribution in [0.3, 0.4) is 0 Å². The van der Waals surface area contributed by atoms with Crippen LogP contribution in [0, 0.1) is 5.92 Å². The first-order valence-electron chi connectivity index (χ1n) is 4.57. The summed E-state index contributed by atoms with van der Waals surface area (Å²) < 4.78 is 9.58. The second-order valence-corrected chi connectivity index (χ2v) is 3.24. The van der Waals surface area contributed by atoms with Crippen LogP contribution in [-0.4, -0.2) is 25.2 Å². The Hall–Kier alpha value is -1.32. The van der Waals surface area contributed by atoms with Gasteiger partial charge in [0.15, 0.2) is 0 Å². The van der Waals surface area contributed by atoms with Gasteiger partial charge in [0.05, 0.1) is 13.0 Å². The molecule has 1 aliphatic rings. The molecule has 0 bridgehead atoms. The number of methoxy groups -OCH3 is 1. The Morgan fingerprint density at radius 3 is 2.43 bits per heavy atom. The zero-order chi connectivity index (χ0) is 10.6. The highest BCUT2D eigenvalue weighted by atomic mass is 16.5. The van der Waals surface area contributed by atoms with Gasteiger partial charge in [-0.15, -0.1) is 0 Å². The van der Waals surface area contributed by atoms with Crippen molar-refractivity contribution < 1.29 is 19.1 Å². The van der Waals surface area contributed by atoms with Gasteiger partial charge < -0.3 is 9.47 Å². The van der Waals surface area contributed by atoms with Crippen molar-refractivity contribution in [1.82, 2.24) is 0 Å². The number of carbonyl (C=O) groups is 2. The smallest absolute Gasteiger partial charge is 0.312 e. The van der Waals surface area contributed by atoms with Gasteiger partial charge in [0.25, 0.3) is 0 Å². The third-order valence-electron chi connectivity index (χ3n) is 2.14.